The van der Waals surface area contributed by atoms with E-state index in [1.807, 2.05) is 6.92 Å². The lowest BCUT2D eigenvalue weighted by atomic mass is 10.0. The molecule has 2 aromatic heterocycles. The lowest BCUT2D eigenvalue weighted by Gasteiger charge is -2.32. The van der Waals surface area contributed by atoms with Crippen molar-refractivity contribution in [1.82, 2.24) is 24.6 Å². The van der Waals surface area contributed by atoms with Crippen molar-refractivity contribution < 1.29 is 14.7 Å². The van der Waals surface area contributed by atoms with E-state index in [-0.39, 0.29) is 18.9 Å². The molecule has 0 fully saturated rings. The molecule has 2 N–H and O–H groups in total. The van der Waals surface area contributed by atoms with Gasteiger partial charge in [-0.3, -0.25) is 9.48 Å². The zero-order valence-corrected chi connectivity index (χ0v) is 13.1. The van der Waals surface area contributed by atoms with Crippen LogP contribution in [0.3, 0.4) is 0 Å². The summed E-state index contributed by atoms with van der Waals surface area (Å²) < 4.78 is 1.73. The van der Waals surface area contributed by atoms with Crippen molar-refractivity contribution >= 4 is 11.9 Å². The maximum Gasteiger partial charge on any atom is 0.326 e. The summed E-state index contributed by atoms with van der Waals surface area (Å²) in [4.78, 5) is 32.9. The van der Waals surface area contributed by atoms with Crippen LogP contribution in [-0.2, 0) is 24.3 Å². The number of carbonyl (C=O) groups is 2. The number of rotatable bonds is 4. The SMILES string of the molecule is CCCn1cc(C(=O)N2Cc3[nH]cnc3C[C@H]2C(=O)O)c(C)n1. The molecular weight excluding hydrogens is 298 g/mol. The van der Waals surface area contributed by atoms with Gasteiger partial charge in [0.2, 0.25) is 0 Å². The zero-order chi connectivity index (χ0) is 16.6. The molecule has 0 aliphatic carbocycles. The Morgan fingerprint density at radius 3 is 2.96 bits per heavy atom. The molecule has 1 aliphatic heterocycles. The Kier molecular flexibility index (Phi) is 3.89. The van der Waals surface area contributed by atoms with Crippen LogP contribution >= 0.6 is 0 Å². The largest absolute Gasteiger partial charge is 0.480 e. The van der Waals surface area contributed by atoms with Crippen LogP contribution in [-0.4, -0.2) is 47.7 Å². The minimum atomic E-state index is -1.02. The summed E-state index contributed by atoms with van der Waals surface area (Å²) in [7, 11) is 0. The molecule has 1 amide bonds. The number of imidazole rings is 1. The number of aromatic amines is 1. The van der Waals surface area contributed by atoms with E-state index in [4.69, 9.17) is 0 Å². The van der Waals surface area contributed by atoms with Gasteiger partial charge in [-0.1, -0.05) is 6.92 Å². The summed E-state index contributed by atoms with van der Waals surface area (Å²) in [5, 5.41) is 13.8. The van der Waals surface area contributed by atoms with Gasteiger partial charge in [0.05, 0.1) is 35.5 Å². The number of hydrogen-bond donors (Lipinski definition) is 2. The van der Waals surface area contributed by atoms with Crippen LogP contribution in [0.1, 0.15) is 40.8 Å². The van der Waals surface area contributed by atoms with E-state index >= 15 is 0 Å². The highest BCUT2D eigenvalue weighted by Crippen LogP contribution is 2.23. The molecular formula is C15H19N5O3. The number of aromatic nitrogens is 4. The van der Waals surface area contributed by atoms with Gasteiger partial charge in [-0.05, 0) is 13.3 Å². The second-order valence-electron chi connectivity index (χ2n) is 5.71. The number of carboxylic acids is 1. The maximum atomic E-state index is 12.9. The normalized spacial score (nSPS) is 17.1. The molecule has 3 rings (SSSR count). The first-order chi connectivity index (χ1) is 11.0. The molecule has 1 atom stereocenters. The quantitative estimate of drug-likeness (QED) is 0.874. The second-order valence-corrected chi connectivity index (χ2v) is 5.71. The van der Waals surface area contributed by atoms with Gasteiger partial charge in [-0.2, -0.15) is 5.10 Å². The van der Waals surface area contributed by atoms with Gasteiger partial charge >= 0.3 is 5.97 Å². The van der Waals surface area contributed by atoms with E-state index < -0.39 is 12.0 Å². The van der Waals surface area contributed by atoms with Crippen LogP contribution in [0, 0.1) is 6.92 Å². The van der Waals surface area contributed by atoms with Crippen LogP contribution in [0.5, 0.6) is 0 Å². The molecule has 3 heterocycles. The predicted octanol–water partition coefficient (Wildman–Crippen LogP) is 0.976. The number of nitrogens with one attached hydrogen (secondary N) is 1. The van der Waals surface area contributed by atoms with Crippen LogP contribution in [0.4, 0.5) is 0 Å². The summed E-state index contributed by atoms with van der Waals surface area (Å²) in [6.45, 7) is 4.73. The molecule has 8 nitrogen and oxygen atoms in total. The van der Waals surface area contributed by atoms with Crippen molar-refractivity contribution in [3.8, 4) is 0 Å². The van der Waals surface area contributed by atoms with Gasteiger partial charge in [0, 0.05) is 19.2 Å². The molecule has 0 saturated carbocycles. The van der Waals surface area contributed by atoms with E-state index in [1.54, 1.807) is 17.8 Å². The lowest BCUT2D eigenvalue weighted by molar-refractivity contribution is -0.142. The summed E-state index contributed by atoms with van der Waals surface area (Å²) in [6.07, 6.45) is 4.35. The summed E-state index contributed by atoms with van der Waals surface area (Å²) >= 11 is 0. The Morgan fingerprint density at radius 1 is 1.48 bits per heavy atom. The van der Waals surface area contributed by atoms with Crippen LogP contribution in [0.15, 0.2) is 12.5 Å². The molecule has 2 aromatic rings. The average Bonchev–Trinajstić information content (AvgIpc) is 3.11. The fourth-order valence-electron chi connectivity index (χ4n) is 2.90. The van der Waals surface area contributed by atoms with Gasteiger partial charge in [0.15, 0.2) is 0 Å². The zero-order valence-electron chi connectivity index (χ0n) is 13.1. The van der Waals surface area contributed by atoms with E-state index in [1.165, 1.54) is 11.2 Å². The lowest BCUT2D eigenvalue weighted by Crippen LogP contribution is -2.48. The smallest absolute Gasteiger partial charge is 0.326 e. The number of amides is 1. The van der Waals surface area contributed by atoms with E-state index in [9.17, 15) is 14.7 Å². The van der Waals surface area contributed by atoms with Crippen molar-refractivity contribution in [2.45, 2.75) is 45.8 Å². The molecule has 23 heavy (non-hydrogen) atoms. The number of fused-ring (bicyclic) bond motifs is 1. The number of nitrogens with zero attached hydrogens (tertiary/aromatic N) is 4. The molecule has 0 bridgehead atoms. The number of aliphatic carboxylic acids is 1. The Hall–Kier alpha value is -2.64. The minimum absolute atomic E-state index is 0.210. The van der Waals surface area contributed by atoms with E-state index in [0.29, 0.717) is 17.0 Å². The minimum Gasteiger partial charge on any atom is -0.480 e. The van der Waals surface area contributed by atoms with Gasteiger partial charge in [0.25, 0.3) is 5.91 Å². The third kappa shape index (κ3) is 2.71. The highest BCUT2D eigenvalue weighted by Gasteiger charge is 2.37. The maximum absolute atomic E-state index is 12.9. The average molecular weight is 317 g/mol. The van der Waals surface area contributed by atoms with Gasteiger partial charge in [-0.15, -0.1) is 0 Å². The van der Waals surface area contributed by atoms with Crippen molar-refractivity contribution in [2.75, 3.05) is 0 Å². The van der Waals surface area contributed by atoms with E-state index in [2.05, 4.69) is 15.1 Å². The van der Waals surface area contributed by atoms with Crippen molar-refractivity contribution in [3.05, 3.63) is 35.2 Å². The number of aryl methyl sites for hydroxylation is 2. The Morgan fingerprint density at radius 2 is 2.26 bits per heavy atom. The van der Waals surface area contributed by atoms with Gasteiger partial charge in [0.1, 0.15) is 6.04 Å². The van der Waals surface area contributed by atoms with Gasteiger partial charge in [-0.25, -0.2) is 9.78 Å². The fourth-order valence-corrected chi connectivity index (χ4v) is 2.90. The van der Waals surface area contributed by atoms with Crippen molar-refractivity contribution in [1.29, 1.82) is 0 Å². The molecule has 0 spiro atoms. The van der Waals surface area contributed by atoms with Crippen molar-refractivity contribution in [3.63, 3.8) is 0 Å². The first kappa shape index (κ1) is 15.3. The number of carboxylic acid groups (broad SMARTS) is 1. The molecule has 1 aliphatic rings. The van der Waals surface area contributed by atoms with Gasteiger partial charge < -0.3 is 15.0 Å². The summed E-state index contributed by atoms with van der Waals surface area (Å²) in [6, 6.07) is -0.910. The van der Waals surface area contributed by atoms with Crippen LogP contribution < -0.4 is 0 Å². The molecule has 8 heteroatoms. The summed E-state index contributed by atoms with van der Waals surface area (Å²) in [5.74, 6) is -1.33. The molecule has 0 aromatic carbocycles. The first-order valence-electron chi connectivity index (χ1n) is 7.60. The van der Waals surface area contributed by atoms with Crippen LogP contribution in [0.2, 0.25) is 0 Å². The Labute approximate surface area is 133 Å². The highest BCUT2D eigenvalue weighted by atomic mass is 16.4. The highest BCUT2D eigenvalue weighted by molar-refractivity contribution is 5.97. The molecule has 0 radical (unpaired) electrons. The second kappa shape index (κ2) is 5.86. The topological polar surface area (TPSA) is 104 Å². The third-order valence-corrected chi connectivity index (χ3v) is 4.07. The standard InChI is InChI=1S/C15H19N5O3/c1-3-4-19-6-10(9(2)18-19)14(21)20-7-12-11(16-8-17-12)5-13(20)15(22)23/h6,8,13H,3-5,7H2,1-2H3,(H,16,17)(H,22,23)/t13-/m0/s1. The monoisotopic (exact) mass is 317 g/mol. The predicted molar refractivity (Wildman–Crippen MR) is 80.8 cm³/mol. The Balaban J connectivity index is 1.92. The van der Waals surface area contributed by atoms with Crippen molar-refractivity contribution in [2.24, 2.45) is 0 Å². The Bertz CT molecular complexity index is 748. The molecule has 0 unspecified atom stereocenters. The number of hydrogen-bond acceptors (Lipinski definition) is 4. The summed E-state index contributed by atoms with van der Waals surface area (Å²) in [5.41, 5.74) is 2.56. The molecule has 0 saturated heterocycles. The number of carbonyl (C=O) groups excluding carboxylic acids is 1. The number of H-pyrrole nitrogens is 1. The first-order valence-corrected chi connectivity index (χ1v) is 7.60. The fraction of sp³-hybridized carbons (Fsp3) is 0.467. The molecule has 122 valence electrons. The van der Waals surface area contributed by atoms with Crippen LogP contribution in [0.25, 0.3) is 0 Å². The van der Waals surface area contributed by atoms with E-state index in [0.717, 1.165) is 18.7 Å². The third-order valence-electron chi connectivity index (χ3n) is 4.07.